The van der Waals surface area contributed by atoms with Crippen molar-refractivity contribution in [3.63, 3.8) is 0 Å². The van der Waals surface area contributed by atoms with Gasteiger partial charge in [-0.25, -0.2) is 0 Å². The lowest BCUT2D eigenvalue weighted by molar-refractivity contribution is -0.122. The van der Waals surface area contributed by atoms with Crippen LogP contribution in [0.15, 0.2) is 0 Å². The second-order valence-corrected chi connectivity index (χ2v) is 7.19. The zero-order valence-corrected chi connectivity index (χ0v) is 17.1. The molecule has 0 aliphatic carbocycles. The van der Waals surface area contributed by atoms with Crippen molar-refractivity contribution >= 4 is 36.4 Å². The highest BCUT2D eigenvalue weighted by Crippen LogP contribution is 2.29. The van der Waals surface area contributed by atoms with Gasteiger partial charge in [-0.15, -0.1) is 24.8 Å². The molecule has 0 aromatic carbocycles. The van der Waals surface area contributed by atoms with E-state index in [0.717, 1.165) is 36.6 Å². The molecular weight excluding hydrogens is 349 g/mol. The molecule has 1 amide bonds. The van der Waals surface area contributed by atoms with Crippen LogP contribution in [-0.4, -0.2) is 45.8 Å². The Labute approximate surface area is 157 Å². The van der Waals surface area contributed by atoms with E-state index in [2.05, 4.69) is 29.2 Å². The van der Waals surface area contributed by atoms with Gasteiger partial charge in [-0.1, -0.05) is 13.8 Å². The summed E-state index contributed by atoms with van der Waals surface area (Å²) in [6.45, 7) is 11.9. The molecule has 1 aliphatic rings. The molecule has 2 rings (SSSR count). The molecule has 0 saturated carbocycles. The van der Waals surface area contributed by atoms with Gasteiger partial charge in [0.25, 0.3) is 0 Å². The third kappa shape index (κ3) is 4.63. The van der Waals surface area contributed by atoms with E-state index >= 15 is 0 Å². The van der Waals surface area contributed by atoms with Gasteiger partial charge < -0.3 is 11.1 Å². The molecule has 1 aromatic rings. The van der Waals surface area contributed by atoms with Gasteiger partial charge in [0.1, 0.15) is 0 Å². The van der Waals surface area contributed by atoms with Gasteiger partial charge in [0, 0.05) is 26.2 Å². The fourth-order valence-electron chi connectivity index (χ4n) is 3.09. The average molecular weight is 380 g/mol. The Morgan fingerprint density at radius 2 is 1.96 bits per heavy atom. The molecule has 140 valence electrons. The van der Waals surface area contributed by atoms with Crippen molar-refractivity contribution in [2.45, 2.75) is 53.1 Å². The number of nitrogens with zero attached hydrogens (tertiary/aromatic N) is 3. The van der Waals surface area contributed by atoms with Crippen LogP contribution >= 0.6 is 24.8 Å². The van der Waals surface area contributed by atoms with Crippen LogP contribution in [0.5, 0.6) is 0 Å². The Kier molecular flexibility index (Phi) is 8.23. The van der Waals surface area contributed by atoms with Crippen molar-refractivity contribution in [2.24, 2.45) is 18.2 Å². The number of aryl methyl sites for hydroxylation is 2. The molecule has 1 aliphatic heterocycles. The molecule has 2 atom stereocenters. The number of halogens is 2. The molecule has 1 saturated heterocycles. The zero-order chi connectivity index (χ0) is 16.7. The molecule has 6 nitrogen and oxygen atoms in total. The third-order valence-corrected chi connectivity index (χ3v) is 5.03. The van der Waals surface area contributed by atoms with Crippen LogP contribution in [0.2, 0.25) is 0 Å². The molecule has 2 heterocycles. The summed E-state index contributed by atoms with van der Waals surface area (Å²) in [6, 6.07) is 0.0209. The topological polar surface area (TPSA) is 76.2 Å². The zero-order valence-electron chi connectivity index (χ0n) is 15.4. The number of aromatic nitrogens is 2. The Balaban J connectivity index is 0.00000264. The van der Waals surface area contributed by atoms with Gasteiger partial charge in [-0.3, -0.25) is 14.4 Å². The van der Waals surface area contributed by atoms with E-state index in [9.17, 15) is 4.79 Å². The number of piperidine rings is 1. The molecular formula is C16H31Cl2N5O. The summed E-state index contributed by atoms with van der Waals surface area (Å²) in [5.41, 5.74) is 8.86. The first-order valence-corrected chi connectivity index (χ1v) is 7.94. The number of amides is 1. The summed E-state index contributed by atoms with van der Waals surface area (Å²) in [5.74, 6) is 0.0190. The fourth-order valence-corrected chi connectivity index (χ4v) is 3.09. The van der Waals surface area contributed by atoms with E-state index in [1.807, 2.05) is 27.8 Å². The van der Waals surface area contributed by atoms with Crippen molar-refractivity contribution in [2.75, 3.05) is 18.4 Å². The highest BCUT2D eigenvalue weighted by atomic mass is 35.5. The smallest absolute Gasteiger partial charge is 0.241 e. The first-order valence-electron chi connectivity index (χ1n) is 7.94. The first-order chi connectivity index (χ1) is 10.1. The highest BCUT2D eigenvalue weighted by Gasteiger charge is 2.36. The van der Waals surface area contributed by atoms with E-state index in [4.69, 9.17) is 5.73 Å². The summed E-state index contributed by atoms with van der Waals surface area (Å²) < 4.78 is 1.79. The number of hydrogen-bond acceptors (Lipinski definition) is 4. The summed E-state index contributed by atoms with van der Waals surface area (Å²) in [7, 11) is 1.88. The van der Waals surface area contributed by atoms with Crippen molar-refractivity contribution < 1.29 is 4.79 Å². The van der Waals surface area contributed by atoms with E-state index in [0.29, 0.717) is 0 Å². The molecule has 0 spiro atoms. The highest BCUT2D eigenvalue weighted by molar-refractivity contribution is 5.95. The molecule has 2 unspecified atom stereocenters. The van der Waals surface area contributed by atoms with Crippen LogP contribution in [0.3, 0.4) is 0 Å². The molecule has 0 radical (unpaired) electrons. The number of nitrogens with one attached hydrogen (secondary N) is 1. The first kappa shape index (κ1) is 23.2. The third-order valence-electron chi connectivity index (χ3n) is 5.03. The Morgan fingerprint density at radius 1 is 1.38 bits per heavy atom. The molecule has 0 bridgehead atoms. The number of nitrogens with two attached hydrogens (primary N) is 1. The lowest BCUT2D eigenvalue weighted by atomic mass is 9.79. The number of likely N-dealkylation sites (tertiary alicyclic amines) is 1. The van der Waals surface area contributed by atoms with Crippen molar-refractivity contribution in [1.82, 2.24) is 14.7 Å². The maximum Gasteiger partial charge on any atom is 0.241 e. The Morgan fingerprint density at radius 3 is 2.42 bits per heavy atom. The molecule has 3 N–H and O–H groups in total. The SMILES string of the molecule is Cc1nn(C)c(C)c1NC(=O)C(C)N1CCC(N)C(C)(C)C1.Cl.Cl. The van der Waals surface area contributed by atoms with Crippen LogP contribution in [0.4, 0.5) is 5.69 Å². The van der Waals surface area contributed by atoms with Gasteiger partial charge in [-0.05, 0) is 32.6 Å². The number of rotatable bonds is 3. The minimum absolute atomic E-state index is 0. The predicted molar refractivity (Wildman–Crippen MR) is 103 cm³/mol. The summed E-state index contributed by atoms with van der Waals surface area (Å²) in [6.07, 6.45) is 0.926. The molecule has 8 heteroatoms. The van der Waals surface area contributed by atoms with Crippen LogP contribution in [0.1, 0.15) is 38.6 Å². The second-order valence-electron chi connectivity index (χ2n) is 7.19. The molecule has 1 fully saturated rings. The van der Waals surface area contributed by atoms with Crippen molar-refractivity contribution in [3.8, 4) is 0 Å². The normalized spacial score (nSPS) is 21.4. The monoisotopic (exact) mass is 379 g/mol. The lowest BCUT2D eigenvalue weighted by Gasteiger charge is -2.44. The van der Waals surface area contributed by atoms with Gasteiger partial charge in [-0.2, -0.15) is 5.10 Å². The minimum Gasteiger partial charge on any atom is -0.327 e. The van der Waals surface area contributed by atoms with Gasteiger partial charge >= 0.3 is 0 Å². The summed E-state index contributed by atoms with van der Waals surface area (Å²) in [4.78, 5) is 14.8. The van der Waals surface area contributed by atoms with Crippen LogP contribution < -0.4 is 11.1 Å². The van der Waals surface area contributed by atoms with Gasteiger partial charge in [0.05, 0.1) is 23.1 Å². The maximum absolute atomic E-state index is 12.6. The summed E-state index contributed by atoms with van der Waals surface area (Å²) in [5, 5.41) is 7.38. The lowest BCUT2D eigenvalue weighted by Crippen LogP contribution is -2.56. The largest absolute Gasteiger partial charge is 0.327 e. The number of carbonyl (C=O) groups is 1. The standard InChI is InChI=1S/C16H29N5O.2ClH/c1-10-14(11(2)20(6)19-10)18-15(22)12(3)21-8-7-13(17)16(4,5)9-21;;/h12-13H,7-9,17H2,1-6H3,(H,18,22);2*1H. The van der Waals surface area contributed by atoms with E-state index in [1.54, 1.807) is 4.68 Å². The van der Waals surface area contributed by atoms with Crippen molar-refractivity contribution in [3.05, 3.63) is 11.4 Å². The van der Waals surface area contributed by atoms with Crippen LogP contribution in [0.25, 0.3) is 0 Å². The van der Waals surface area contributed by atoms with E-state index in [1.165, 1.54) is 0 Å². The van der Waals surface area contributed by atoms with E-state index < -0.39 is 0 Å². The van der Waals surface area contributed by atoms with Crippen LogP contribution in [-0.2, 0) is 11.8 Å². The number of hydrogen-bond donors (Lipinski definition) is 2. The second kappa shape index (κ2) is 8.52. The predicted octanol–water partition coefficient (Wildman–Crippen LogP) is 2.27. The Bertz CT molecular complexity index is 573. The molecule has 24 heavy (non-hydrogen) atoms. The van der Waals surface area contributed by atoms with Crippen LogP contribution in [0, 0.1) is 19.3 Å². The van der Waals surface area contributed by atoms with Crippen molar-refractivity contribution in [1.29, 1.82) is 0 Å². The maximum atomic E-state index is 12.6. The summed E-state index contributed by atoms with van der Waals surface area (Å²) >= 11 is 0. The Hall–Kier alpha value is -0.820. The fraction of sp³-hybridized carbons (Fsp3) is 0.750. The molecule has 1 aromatic heterocycles. The van der Waals surface area contributed by atoms with E-state index in [-0.39, 0.29) is 48.2 Å². The van der Waals surface area contributed by atoms with Gasteiger partial charge in [0.15, 0.2) is 0 Å². The van der Waals surface area contributed by atoms with Gasteiger partial charge in [0.2, 0.25) is 5.91 Å². The quantitative estimate of drug-likeness (QED) is 0.844. The number of carbonyl (C=O) groups excluding carboxylic acids is 1. The average Bonchev–Trinajstić information content (AvgIpc) is 2.67. The minimum atomic E-state index is -0.175. The number of anilines is 1.